The van der Waals surface area contributed by atoms with E-state index in [0.29, 0.717) is 11.4 Å². The Labute approximate surface area is 137 Å². The summed E-state index contributed by atoms with van der Waals surface area (Å²) in [6.45, 7) is 0. The standard InChI is InChI=1S/C16H15N3O5/c1-22-12-6-9(15(20)23-2)4-5-11(12)19-8-10(7-17)13(18)14(19)16(21)24-3/h4-6,8H,18H2,1-3H3. The van der Waals surface area contributed by atoms with Crippen LogP contribution in [-0.2, 0) is 9.47 Å². The van der Waals surface area contributed by atoms with Crippen LogP contribution in [0.1, 0.15) is 26.4 Å². The molecule has 0 radical (unpaired) electrons. The number of anilines is 1. The number of methoxy groups -OCH3 is 3. The largest absolute Gasteiger partial charge is 0.495 e. The van der Waals surface area contributed by atoms with E-state index in [4.69, 9.17) is 20.5 Å². The van der Waals surface area contributed by atoms with E-state index in [2.05, 4.69) is 4.74 Å². The molecule has 8 heteroatoms. The molecule has 0 amide bonds. The van der Waals surface area contributed by atoms with Crippen LogP contribution in [0.25, 0.3) is 5.69 Å². The second-order valence-electron chi connectivity index (χ2n) is 4.66. The Balaban J connectivity index is 2.70. The average Bonchev–Trinajstić information content (AvgIpc) is 2.95. The van der Waals surface area contributed by atoms with Gasteiger partial charge in [0.25, 0.3) is 0 Å². The summed E-state index contributed by atoms with van der Waals surface area (Å²) >= 11 is 0. The maximum Gasteiger partial charge on any atom is 0.357 e. The molecule has 0 aliphatic carbocycles. The molecule has 8 nitrogen and oxygen atoms in total. The summed E-state index contributed by atoms with van der Waals surface area (Å²) < 4.78 is 16.1. The first-order valence-electron chi connectivity index (χ1n) is 6.74. The molecular weight excluding hydrogens is 314 g/mol. The lowest BCUT2D eigenvalue weighted by molar-refractivity contribution is 0.0586. The van der Waals surface area contributed by atoms with Crippen molar-refractivity contribution in [1.82, 2.24) is 4.57 Å². The number of rotatable bonds is 4. The van der Waals surface area contributed by atoms with Gasteiger partial charge in [-0.25, -0.2) is 9.59 Å². The van der Waals surface area contributed by atoms with Crippen molar-refractivity contribution in [3.63, 3.8) is 0 Å². The van der Waals surface area contributed by atoms with Gasteiger partial charge in [0.15, 0.2) is 5.69 Å². The molecular formula is C16H15N3O5. The Morgan fingerprint density at radius 2 is 1.83 bits per heavy atom. The van der Waals surface area contributed by atoms with E-state index < -0.39 is 11.9 Å². The van der Waals surface area contributed by atoms with E-state index in [0.717, 1.165) is 0 Å². The zero-order chi connectivity index (χ0) is 17.9. The van der Waals surface area contributed by atoms with E-state index in [-0.39, 0.29) is 22.5 Å². The van der Waals surface area contributed by atoms with Crippen molar-refractivity contribution >= 4 is 17.6 Å². The van der Waals surface area contributed by atoms with Crippen molar-refractivity contribution < 1.29 is 23.8 Å². The molecule has 2 aromatic rings. The van der Waals surface area contributed by atoms with E-state index in [1.807, 2.05) is 6.07 Å². The Bertz CT molecular complexity index is 848. The van der Waals surface area contributed by atoms with Crippen LogP contribution in [0.3, 0.4) is 0 Å². The third-order valence-electron chi connectivity index (χ3n) is 3.40. The maximum atomic E-state index is 12.0. The van der Waals surface area contributed by atoms with Gasteiger partial charge >= 0.3 is 11.9 Å². The normalized spacial score (nSPS) is 9.92. The summed E-state index contributed by atoms with van der Waals surface area (Å²) in [5.41, 5.74) is 6.67. The highest BCUT2D eigenvalue weighted by molar-refractivity contribution is 5.96. The predicted molar refractivity (Wildman–Crippen MR) is 84.1 cm³/mol. The summed E-state index contributed by atoms with van der Waals surface area (Å²) in [5, 5.41) is 9.15. The summed E-state index contributed by atoms with van der Waals surface area (Å²) in [7, 11) is 3.89. The van der Waals surface area contributed by atoms with Crippen molar-refractivity contribution in [2.24, 2.45) is 0 Å². The van der Waals surface area contributed by atoms with Crippen LogP contribution < -0.4 is 10.5 Å². The van der Waals surface area contributed by atoms with Crippen molar-refractivity contribution in [1.29, 1.82) is 5.26 Å². The van der Waals surface area contributed by atoms with Gasteiger partial charge in [-0.05, 0) is 18.2 Å². The first-order valence-corrected chi connectivity index (χ1v) is 6.74. The van der Waals surface area contributed by atoms with E-state index in [9.17, 15) is 9.59 Å². The van der Waals surface area contributed by atoms with Gasteiger partial charge in [0, 0.05) is 6.20 Å². The number of hydrogen-bond acceptors (Lipinski definition) is 7. The molecule has 1 aromatic carbocycles. The van der Waals surface area contributed by atoms with Crippen LogP contribution in [-0.4, -0.2) is 37.8 Å². The number of ether oxygens (including phenoxy) is 3. The van der Waals surface area contributed by atoms with Crippen LogP contribution in [0.2, 0.25) is 0 Å². The Hall–Kier alpha value is -3.47. The van der Waals surface area contributed by atoms with Gasteiger partial charge in [0.05, 0.1) is 43.8 Å². The molecule has 0 saturated heterocycles. The van der Waals surface area contributed by atoms with Crippen LogP contribution in [0, 0.1) is 11.3 Å². The molecule has 0 unspecified atom stereocenters. The lowest BCUT2D eigenvalue weighted by Gasteiger charge is -2.13. The average molecular weight is 329 g/mol. The first-order chi connectivity index (χ1) is 11.5. The zero-order valence-electron chi connectivity index (χ0n) is 13.3. The second kappa shape index (κ2) is 6.75. The number of benzene rings is 1. The molecule has 0 aliphatic heterocycles. The fraction of sp³-hybridized carbons (Fsp3) is 0.188. The van der Waals surface area contributed by atoms with E-state index in [1.54, 1.807) is 6.07 Å². The summed E-state index contributed by atoms with van der Waals surface area (Å²) in [6, 6.07) is 6.44. The van der Waals surface area contributed by atoms with Gasteiger partial charge in [-0.3, -0.25) is 0 Å². The SMILES string of the molecule is COC(=O)c1ccc(-n2cc(C#N)c(N)c2C(=O)OC)c(OC)c1. The minimum atomic E-state index is -0.701. The summed E-state index contributed by atoms with van der Waals surface area (Å²) in [4.78, 5) is 23.7. The number of aromatic nitrogens is 1. The molecule has 1 aromatic heterocycles. The second-order valence-corrected chi connectivity index (χ2v) is 4.66. The molecule has 2 rings (SSSR count). The summed E-state index contributed by atoms with van der Waals surface area (Å²) in [6.07, 6.45) is 1.40. The highest BCUT2D eigenvalue weighted by Gasteiger charge is 2.23. The predicted octanol–water partition coefficient (Wildman–Crippen LogP) is 1.51. The molecule has 1 heterocycles. The smallest absolute Gasteiger partial charge is 0.357 e. The first kappa shape index (κ1) is 16.9. The van der Waals surface area contributed by atoms with Crippen molar-refractivity contribution in [3.05, 3.63) is 41.2 Å². The number of nitrogens with two attached hydrogens (primary N) is 1. The minimum Gasteiger partial charge on any atom is -0.495 e. The van der Waals surface area contributed by atoms with Gasteiger partial charge in [-0.15, -0.1) is 0 Å². The number of carbonyl (C=O) groups excluding carboxylic acids is 2. The van der Waals surface area contributed by atoms with Crippen LogP contribution in [0.15, 0.2) is 24.4 Å². The lowest BCUT2D eigenvalue weighted by atomic mass is 10.2. The molecule has 0 aliphatic rings. The third-order valence-corrected chi connectivity index (χ3v) is 3.40. The molecule has 0 saturated carbocycles. The third kappa shape index (κ3) is 2.75. The quantitative estimate of drug-likeness (QED) is 0.845. The monoisotopic (exact) mass is 329 g/mol. The fourth-order valence-corrected chi connectivity index (χ4v) is 2.23. The zero-order valence-corrected chi connectivity index (χ0v) is 13.3. The topological polar surface area (TPSA) is 117 Å². The van der Waals surface area contributed by atoms with Crippen molar-refractivity contribution in [2.75, 3.05) is 27.1 Å². The van der Waals surface area contributed by atoms with Crippen molar-refractivity contribution in [2.45, 2.75) is 0 Å². The number of esters is 2. The summed E-state index contributed by atoms with van der Waals surface area (Å²) in [5.74, 6) is -0.937. The number of nitrogens with zero attached hydrogens (tertiary/aromatic N) is 2. The lowest BCUT2D eigenvalue weighted by Crippen LogP contribution is -2.12. The van der Waals surface area contributed by atoms with Crippen molar-refractivity contribution in [3.8, 4) is 17.5 Å². The molecule has 2 N–H and O–H groups in total. The van der Waals surface area contributed by atoms with E-state index in [1.165, 1.54) is 44.2 Å². The number of carbonyl (C=O) groups is 2. The van der Waals surface area contributed by atoms with Crippen LogP contribution >= 0.6 is 0 Å². The number of nitriles is 1. The molecule has 0 atom stereocenters. The highest BCUT2D eigenvalue weighted by Crippen LogP contribution is 2.30. The molecule has 0 spiro atoms. The fourth-order valence-electron chi connectivity index (χ4n) is 2.23. The number of nitrogen functional groups attached to an aromatic ring is 1. The van der Waals surface area contributed by atoms with E-state index >= 15 is 0 Å². The highest BCUT2D eigenvalue weighted by atomic mass is 16.5. The molecule has 0 bridgehead atoms. The Kier molecular flexibility index (Phi) is 4.75. The Morgan fingerprint density at radius 1 is 1.17 bits per heavy atom. The van der Waals surface area contributed by atoms with Gasteiger partial charge in [-0.2, -0.15) is 5.26 Å². The van der Waals surface area contributed by atoms with Gasteiger partial charge < -0.3 is 24.5 Å². The van der Waals surface area contributed by atoms with Gasteiger partial charge in [-0.1, -0.05) is 0 Å². The minimum absolute atomic E-state index is 0.00170. The molecule has 124 valence electrons. The Morgan fingerprint density at radius 3 is 2.38 bits per heavy atom. The molecule has 0 fully saturated rings. The molecule has 24 heavy (non-hydrogen) atoms. The maximum absolute atomic E-state index is 12.0. The van der Waals surface area contributed by atoms with Gasteiger partial charge in [0.1, 0.15) is 11.8 Å². The van der Waals surface area contributed by atoms with Crippen LogP contribution in [0.5, 0.6) is 5.75 Å². The van der Waals surface area contributed by atoms with Gasteiger partial charge in [0.2, 0.25) is 0 Å². The number of hydrogen-bond donors (Lipinski definition) is 1. The van der Waals surface area contributed by atoms with Crippen LogP contribution in [0.4, 0.5) is 5.69 Å².